The molecule has 1 aromatic carbocycles. The topological polar surface area (TPSA) is 79.5 Å². The number of hydrogen-bond acceptors (Lipinski definition) is 4. The van der Waals surface area contributed by atoms with Crippen LogP contribution in [0.25, 0.3) is 0 Å². The Hall–Kier alpha value is -1.86. The van der Waals surface area contributed by atoms with Gasteiger partial charge in [-0.25, -0.2) is 0 Å². The number of benzene rings is 1. The van der Waals surface area contributed by atoms with Gasteiger partial charge in [-0.3, -0.25) is 20.4 Å². The Morgan fingerprint density at radius 3 is 2.76 bits per heavy atom. The Kier molecular flexibility index (Phi) is 7.49. The molecule has 0 saturated carbocycles. The molecule has 0 radical (unpaired) electrons. The quantitative estimate of drug-likeness (QED) is 0.328. The number of hydrazine groups is 1. The Morgan fingerprint density at radius 2 is 2.10 bits per heavy atom. The number of nitrogens with one attached hydrogen (secondary N) is 3. The van der Waals surface area contributed by atoms with Gasteiger partial charge < -0.3 is 10.1 Å². The highest BCUT2D eigenvalue weighted by Gasteiger charge is 2.06. The molecule has 8 heteroatoms. The van der Waals surface area contributed by atoms with Crippen LogP contribution in [-0.4, -0.2) is 30.6 Å². The van der Waals surface area contributed by atoms with Crippen LogP contribution in [-0.2, 0) is 9.53 Å². The zero-order chi connectivity index (χ0) is 15.7. The summed E-state index contributed by atoms with van der Waals surface area (Å²) in [6.45, 7) is 0.494. The number of rotatable bonds is 5. The molecule has 0 aliphatic carbocycles. The Morgan fingerprint density at radius 1 is 1.33 bits per heavy atom. The second kappa shape index (κ2) is 9.15. The predicted octanol–water partition coefficient (Wildman–Crippen LogP) is 1.40. The molecular formula is C13H16ClN3O3S. The number of halogens is 1. The Labute approximate surface area is 133 Å². The second-order valence-electron chi connectivity index (χ2n) is 4.03. The van der Waals surface area contributed by atoms with E-state index in [1.54, 1.807) is 24.3 Å². The number of carbonyl (C=O) groups excluding carboxylic acids is 2. The molecule has 0 saturated heterocycles. The van der Waals surface area contributed by atoms with E-state index >= 15 is 0 Å². The summed E-state index contributed by atoms with van der Waals surface area (Å²) in [6, 6.07) is 6.54. The lowest BCUT2D eigenvalue weighted by Gasteiger charge is -2.11. The summed E-state index contributed by atoms with van der Waals surface area (Å²) in [6.07, 6.45) is 0.887. The molecule has 0 atom stereocenters. The normalized spacial score (nSPS) is 9.62. The Bertz CT molecular complexity index is 525. The van der Waals surface area contributed by atoms with E-state index in [9.17, 15) is 9.59 Å². The largest absolute Gasteiger partial charge is 0.469 e. The van der Waals surface area contributed by atoms with Gasteiger partial charge in [-0.2, -0.15) is 0 Å². The molecule has 0 unspecified atom stereocenters. The van der Waals surface area contributed by atoms with Crippen LogP contribution in [0.2, 0.25) is 5.02 Å². The van der Waals surface area contributed by atoms with Crippen LogP contribution in [0.5, 0.6) is 0 Å². The van der Waals surface area contributed by atoms with E-state index in [4.69, 9.17) is 23.8 Å². The molecule has 0 aromatic heterocycles. The fraction of sp³-hybridized carbons (Fsp3) is 0.308. The highest BCUT2D eigenvalue weighted by Crippen LogP contribution is 2.09. The number of carbonyl (C=O) groups is 2. The molecule has 114 valence electrons. The zero-order valence-electron chi connectivity index (χ0n) is 11.4. The lowest BCUT2D eigenvalue weighted by Crippen LogP contribution is -2.47. The van der Waals surface area contributed by atoms with Gasteiger partial charge >= 0.3 is 5.97 Å². The van der Waals surface area contributed by atoms with Crippen LogP contribution >= 0.6 is 23.8 Å². The van der Waals surface area contributed by atoms with Gasteiger partial charge in [0.05, 0.1) is 7.11 Å². The summed E-state index contributed by atoms with van der Waals surface area (Å²) in [5.41, 5.74) is 5.43. The number of thiocarbonyl (C=S) groups is 1. The minimum Gasteiger partial charge on any atom is -0.469 e. The lowest BCUT2D eigenvalue weighted by atomic mass is 10.2. The summed E-state index contributed by atoms with van der Waals surface area (Å²) < 4.78 is 4.51. The standard InChI is InChI=1S/C13H16ClN3O3S/c1-20-11(18)6-3-7-15-13(21)17-16-12(19)9-4-2-5-10(14)8-9/h2,4-5,8H,3,6-7H2,1H3,(H,16,19)(H2,15,17,21). The fourth-order valence-corrected chi connectivity index (χ4v) is 1.74. The maximum Gasteiger partial charge on any atom is 0.305 e. The summed E-state index contributed by atoms with van der Waals surface area (Å²) in [5, 5.41) is 3.59. The third-order valence-electron chi connectivity index (χ3n) is 2.45. The molecule has 1 amide bonds. The van der Waals surface area contributed by atoms with Crippen molar-refractivity contribution >= 4 is 40.8 Å². The van der Waals surface area contributed by atoms with Gasteiger partial charge in [-0.15, -0.1) is 0 Å². The molecule has 21 heavy (non-hydrogen) atoms. The minimum absolute atomic E-state index is 0.259. The molecule has 3 N–H and O–H groups in total. The third-order valence-corrected chi connectivity index (χ3v) is 2.93. The number of ether oxygens (including phenoxy) is 1. The maximum atomic E-state index is 11.8. The first-order valence-corrected chi connectivity index (χ1v) is 6.98. The molecule has 0 aliphatic heterocycles. The van der Waals surface area contributed by atoms with Crippen LogP contribution in [0.15, 0.2) is 24.3 Å². The molecule has 0 heterocycles. The summed E-state index contributed by atoms with van der Waals surface area (Å²) in [5.74, 6) is -0.624. The van der Waals surface area contributed by atoms with Crippen LogP contribution in [0.3, 0.4) is 0 Å². The SMILES string of the molecule is COC(=O)CCCNC(=S)NNC(=O)c1cccc(Cl)c1. The van der Waals surface area contributed by atoms with Crippen molar-refractivity contribution in [2.24, 2.45) is 0 Å². The Balaban J connectivity index is 2.24. The van der Waals surface area contributed by atoms with E-state index < -0.39 is 0 Å². The van der Waals surface area contributed by atoms with Crippen molar-refractivity contribution in [2.45, 2.75) is 12.8 Å². The van der Waals surface area contributed by atoms with E-state index in [0.717, 1.165) is 0 Å². The van der Waals surface area contributed by atoms with E-state index in [2.05, 4.69) is 20.9 Å². The molecule has 0 fully saturated rings. The average Bonchev–Trinajstić information content (AvgIpc) is 2.48. The molecule has 6 nitrogen and oxygen atoms in total. The maximum absolute atomic E-state index is 11.8. The number of hydrogen-bond donors (Lipinski definition) is 3. The zero-order valence-corrected chi connectivity index (χ0v) is 13.0. The predicted molar refractivity (Wildman–Crippen MR) is 83.9 cm³/mol. The van der Waals surface area contributed by atoms with E-state index in [1.807, 2.05) is 0 Å². The van der Waals surface area contributed by atoms with Gasteiger partial charge in [0.2, 0.25) is 0 Å². The first-order chi connectivity index (χ1) is 10.0. The van der Waals surface area contributed by atoms with Crippen LogP contribution in [0.4, 0.5) is 0 Å². The summed E-state index contributed by atoms with van der Waals surface area (Å²) >= 11 is 10.8. The fourth-order valence-electron chi connectivity index (χ4n) is 1.40. The van der Waals surface area contributed by atoms with Crippen molar-refractivity contribution in [3.8, 4) is 0 Å². The molecular weight excluding hydrogens is 314 g/mol. The number of methoxy groups -OCH3 is 1. The molecule has 0 aliphatic rings. The first-order valence-electron chi connectivity index (χ1n) is 6.19. The van der Waals surface area contributed by atoms with Crippen molar-refractivity contribution in [3.05, 3.63) is 34.9 Å². The average molecular weight is 330 g/mol. The number of esters is 1. The van der Waals surface area contributed by atoms with Crippen molar-refractivity contribution in [1.82, 2.24) is 16.2 Å². The van der Waals surface area contributed by atoms with Gasteiger partial charge in [-0.05, 0) is 36.8 Å². The van der Waals surface area contributed by atoms with Crippen LogP contribution in [0.1, 0.15) is 23.2 Å². The van der Waals surface area contributed by atoms with Gasteiger partial charge in [0.1, 0.15) is 0 Å². The van der Waals surface area contributed by atoms with Crippen molar-refractivity contribution in [2.75, 3.05) is 13.7 Å². The van der Waals surface area contributed by atoms with E-state index in [1.165, 1.54) is 7.11 Å². The van der Waals surface area contributed by atoms with Crippen LogP contribution < -0.4 is 16.2 Å². The molecule has 1 aromatic rings. The van der Waals surface area contributed by atoms with Gasteiger partial charge in [0.25, 0.3) is 5.91 Å². The number of amides is 1. The summed E-state index contributed by atoms with van der Waals surface area (Å²) in [4.78, 5) is 22.7. The van der Waals surface area contributed by atoms with Crippen molar-refractivity contribution in [1.29, 1.82) is 0 Å². The lowest BCUT2D eigenvalue weighted by molar-refractivity contribution is -0.140. The van der Waals surface area contributed by atoms with Crippen LogP contribution in [0, 0.1) is 0 Å². The van der Waals surface area contributed by atoms with Gasteiger partial charge in [0, 0.05) is 23.6 Å². The first kappa shape index (κ1) is 17.2. The molecule has 0 bridgehead atoms. The highest BCUT2D eigenvalue weighted by molar-refractivity contribution is 7.80. The monoisotopic (exact) mass is 329 g/mol. The highest BCUT2D eigenvalue weighted by atomic mass is 35.5. The van der Waals surface area contributed by atoms with Gasteiger partial charge in [0.15, 0.2) is 5.11 Å². The molecule has 1 rings (SSSR count). The van der Waals surface area contributed by atoms with Gasteiger partial charge in [-0.1, -0.05) is 17.7 Å². The minimum atomic E-state index is -0.351. The van der Waals surface area contributed by atoms with E-state index in [0.29, 0.717) is 30.0 Å². The smallest absolute Gasteiger partial charge is 0.305 e. The summed E-state index contributed by atoms with van der Waals surface area (Å²) in [7, 11) is 1.34. The van der Waals surface area contributed by atoms with Crippen molar-refractivity contribution < 1.29 is 14.3 Å². The third kappa shape index (κ3) is 6.92. The molecule has 0 spiro atoms. The van der Waals surface area contributed by atoms with E-state index in [-0.39, 0.29) is 17.0 Å². The second-order valence-corrected chi connectivity index (χ2v) is 4.87. The van der Waals surface area contributed by atoms with Crippen molar-refractivity contribution in [3.63, 3.8) is 0 Å².